The minimum absolute atomic E-state index is 0.213. The van der Waals surface area contributed by atoms with Crippen molar-refractivity contribution in [3.63, 3.8) is 0 Å². The highest BCUT2D eigenvalue weighted by Crippen LogP contribution is 2.36. The Morgan fingerprint density at radius 3 is 2.96 bits per heavy atom. The van der Waals surface area contributed by atoms with E-state index in [4.69, 9.17) is 9.15 Å². The Morgan fingerprint density at radius 1 is 1.33 bits per heavy atom. The van der Waals surface area contributed by atoms with Gasteiger partial charge in [0.15, 0.2) is 15.6 Å². The quantitative estimate of drug-likeness (QED) is 0.546. The molecule has 3 heterocycles. The number of nitrogens with one attached hydrogen (secondary N) is 1. The molecular formula is C16H10BrN3O3S. The van der Waals surface area contributed by atoms with Gasteiger partial charge in [0.2, 0.25) is 0 Å². The maximum absolute atomic E-state index is 12.2. The zero-order valence-corrected chi connectivity index (χ0v) is 14.8. The highest BCUT2D eigenvalue weighted by molar-refractivity contribution is 9.10. The number of ether oxygens (including phenoxy) is 1. The van der Waals surface area contributed by atoms with Crippen LogP contribution in [0.4, 0.5) is 5.13 Å². The van der Waals surface area contributed by atoms with Crippen molar-refractivity contribution in [3.05, 3.63) is 47.0 Å². The maximum atomic E-state index is 12.2. The summed E-state index contributed by atoms with van der Waals surface area (Å²) in [6, 6.07) is 8.91. The molecule has 120 valence electrons. The van der Waals surface area contributed by atoms with E-state index in [0.29, 0.717) is 15.6 Å². The molecule has 24 heavy (non-hydrogen) atoms. The second-order valence-corrected chi connectivity index (χ2v) is 6.71. The number of rotatable bonds is 3. The Hall–Kier alpha value is -2.45. The molecule has 6 nitrogen and oxygen atoms in total. The molecular weight excluding hydrogens is 394 g/mol. The van der Waals surface area contributed by atoms with Crippen LogP contribution in [0.25, 0.3) is 21.1 Å². The van der Waals surface area contributed by atoms with E-state index in [0.717, 1.165) is 21.1 Å². The third kappa shape index (κ3) is 2.53. The summed E-state index contributed by atoms with van der Waals surface area (Å²) in [6.45, 7) is 0. The van der Waals surface area contributed by atoms with Crippen LogP contribution in [0, 0.1) is 0 Å². The summed E-state index contributed by atoms with van der Waals surface area (Å²) in [5.41, 5.74) is 1.52. The van der Waals surface area contributed by atoms with Gasteiger partial charge in [0, 0.05) is 17.6 Å². The van der Waals surface area contributed by atoms with Gasteiger partial charge in [0.25, 0.3) is 5.91 Å². The van der Waals surface area contributed by atoms with Crippen molar-refractivity contribution < 1.29 is 13.9 Å². The molecule has 0 spiro atoms. The number of pyridine rings is 1. The Labute approximate surface area is 148 Å². The van der Waals surface area contributed by atoms with Gasteiger partial charge in [-0.15, -0.1) is 0 Å². The topological polar surface area (TPSA) is 77.2 Å². The Bertz CT molecular complexity index is 1070. The summed E-state index contributed by atoms with van der Waals surface area (Å²) in [5.74, 6) is 0.536. The lowest BCUT2D eigenvalue weighted by Gasteiger charge is -2.04. The average molecular weight is 404 g/mol. The SMILES string of the molecule is COc1cc2sc(NC(=O)c3ccc(Br)o3)nc2c2cccnc12. The fourth-order valence-electron chi connectivity index (χ4n) is 2.41. The van der Waals surface area contributed by atoms with Crippen LogP contribution in [0.5, 0.6) is 5.75 Å². The lowest BCUT2D eigenvalue weighted by Crippen LogP contribution is -2.10. The predicted octanol–water partition coefficient (Wildman–Crippen LogP) is 4.46. The van der Waals surface area contributed by atoms with Crippen LogP contribution in [-0.2, 0) is 0 Å². The third-order valence-electron chi connectivity index (χ3n) is 3.45. The standard InChI is InChI=1S/C16H10BrN3O3S/c1-22-10-7-11-14(8-3-2-6-18-13(8)10)19-16(24-11)20-15(21)9-4-5-12(17)23-9/h2-7H,1H3,(H,19,20,21). The van der Waals surface area contributed by atoms with Gasteiger partial charge in [-0.3, -0.25) is 15.1 Å². The molecule has 0 saturated heterocycles. The number of furan rings is 1. The van der Waals surface area contributed by atoms with Crippen LogP contribution >= 0.6 is 27.3 Å². The van der Waals surface area contributed by atoms with Gasteiger partial charge >= 0.3 is 0 Å². The van der Waals surface area contributed by atoms with Crippen molar-refractivity contribution in [2.75, 3.05) is 12.4 Å². The van der Waals surface area contributed by atoms with Gasteiger partial charge in [-0.1, -0.05) is 11.3 Å². The number of methoxy groups -OCH3 is 1. The van der Waals surface area contributed by atoms with E-state index in [1.165, 1.54) is 11.3 Å². The Morgan fingerprint density at radius 2 is 2.21 bits per heavy atom. The molecule has 4 rings (SSSR count). The third-order valence-corrected chi connectivity index (χ3v) is 4.79. The number of thiazole rings is 1. The van der Waals surface area contributed by atoms with E-state index in [1.807, 2.05) is 18.2 Å². The van der Waals surface area contributed by atoms with Crippen LogP contribution in [-0.4, -0.2) is 23.0 Å². The second kappa shape index (κ2) is 5.88. The summed E-state index contributed by atoms with van der Waals surface area (Å²) in [7, 11) is 1.60. The first-order chi connectivity index (χ1) is 11.7. The summed E-state index contributed by atoms with van der Waals surface area (Å²) in [5, 5.41) is 4.12. The fraction of sp³-hybridized carbons (Fsp3) is 0.0625. The van der Waals surface area contributed by atoms with Crippen LogP contribution in [0.3, 0.4) is 0 Å². The number of aromatic nitrogens is 2. The van der Waals surface area contributed by atoms with Gasteiger partial charge in [-0.05, 0) is 40.2 Å². The van der Waals surface area contributed by atoms with Crippen molar-refractivity contribution >= 4 is 59.4 Å². The monoisotopic (exact) mass is 403 g/mol. The highest BCUT2D eigenvalue weighted by atomic mass is 79.9. The summed E-state index contributed by atoms with van der Waals surface area (Å²) >= 11 is 4.54. The molecule has 0 atom stereocenters. The predicted molar refractivity (Wildman–Crippen MR) is 95.8 cm³/mol. The molecule has 0 aliphatic rings. The molecule has 0 fully saturated rings. The van der Waals surface area contributed by atoms with Gasteiger partial charge < -0.3 is 9.15 Å². The smallest absolute Gasteiger partial charge is 0.293 e. The number of halogens is 1. The molecule has 3 aromatic heterocycles. The van der Waals surface area contributed by atoms with E-state index in [-0.39, 0.29) is 11.7 Å². The van der Waals surface area contributed by atoms with Crippen molar-refractivity contribution in [1.29, 1.82) is 0 Å². The van der Waals surface area contributed by atoms with Gasteiger partial charge in [-0.2, -0.15) is 0 Å². The lowest BCUT2D eigenvalue weighted by molar-refractivity contribution is 0.0995. The van der Waals surface area contributed by atoms with Crippen molar-refractivity contribution in [3.8, 4) is 5.75 Å². The molecule has 0 aliphatic carbocycles. The van der Waals surface area contributed by atoms with Crippen molar-refractivity contribution in [2.45, 2.75) is 0 Å². The van der Waals surface area contributed by atoms with Gasteiger partial charge in [0.1, 0.15) is 11.3 Å². The van der Waals surface area contributed by atoms with Gasteiger partial charge in [0.05, 0.1) is 17.3 Å². The van der Waals surface area contributed by atoms with E-state index in [1.54, 1.807) is 25.4 Å². The first kappa shape index (κ1) is 15.1. The molecule has 0 saturated carbocycles. The Kier molecular flexibility index (Phi) is 3.70. The minimum atomic E-state index is -0.353. The van der Waals surface area contributed by atoms with Crippen LogP contribution < -0.4 is 10.1 Å². The molecule has 0 radical (unpaired) electrons. The lowest BCUT2D eigenvalue weighted by atomic mass is 10.2. The Balaban J connectivity index is 1.78. The van der Waals surface area contributed by atoms with E-state index < -0.39 is 0 Å². The first-order valence-electron chi connectivity index (χ1n) is 6.94. The van der Waals surface area contributed by atoms with E-state index in [2.05, 4.69) is 31.2 Å². The van der Waals surface area contributed by atoms with E-state index in [9.17, 15) is 4.79 Å². The molecule has 1 aromatic carbocycles. The van der Waals surface area contributed by atoms with Crippen molar-refractivity contribution in [1.82, 2.24) is 9.97 Å². The molecule has 8 heteroatoms. The average Bonchev–Trinajstić information content (AvgIpc) is 3.20. The number of amides is 1. The number of carbonyl (C=O) groups excluding carboxylic acids is 1. The maximum Gasteiger partial charge on any atom is 0.293 e. The van der Waals surface area contributed by atoms with E-state index >= 15 is 0 Å². The zero-order chi connectivity index (χ0) is 16.7. The molecule has 0 bridgehead atoms. The normalized spacial score (nSPS) is 11.1. The number of carbonyl (C=O) groups is 1. The first-order valence-corrected chi connectivity index (χ1v) is 8.55. The summed E-state index contributed by atoms with van der Waals surface area (Å²) in [4.78, 5) is 21.1. The van der Waals surface area contributed by atoms with Gasteiger partial charge in [-0.25, -0.2) is 4.98 Å². The summed E-state index contributed by atoms with van der Waals surface area (Å²) in [6.07, 6.45) is 1.71. The number of fused-ring (bicyclic) bond motifs is 3. The highest BCUT2D eigenvalue weighted by Gasteiger charge is 2.16. The number of hydrogen-bond acceptors (Lipinski definition) is 6. The van der Waals surface area contributed by atoms with Crippen LogP contribution in [0.1, 0.15) is 10.6 Å². The number of nitrogens with zero attached hydrogens (tertiary/aromatic N) is 2. The molecule has 4 aromatic rings. The molecule has 0 aliphatic heterocycles. The molecule has 1 amide bonds. The zero-order valence-electron chi connectivity index (χ0n) is 12.4. The minimum Gasteiger partial charge on any atom is -0.494 e. The van der Waals surface area contributed by atoms with Crippen LogP contribution in [0.15, 0.2) is 45.6 Å². The number of hydrogen-bond donors (Lipinski definition) is 1. The number of benzene rings is 1. The fourth-order valence-corrected chi connectivity index (χ4v) is 3.62. The molecule has 1 N–H and O–H groups in total. The number of anilines is 1. The molecule has 0 unspecified atom stereocenters. The van der Waals surface area contributed by atoms with Crippen LogP contribution in [0.2, 0.25) is 0 Å². The largest absolute Gasteiger partial charge is 0.494 e. The van der Waals surface area contributed by atoms with Crippen molar-refractivity contribution in [2.24, 2.45) is 0 Å². The second-order valence-electron chi connectivity index (χ2n) is 4.90. The summed E-state index contributed by atoms with van der Waals surface area (Å²) < 4.78 is 12.1.